The van der Waals surface area contributed by atoms with Crippen molar-refractivity contribution in [1.29, 1.82) is 0 Å². The van der Waals surface area contributed by atoms with Gasteiger partial charge in [-0.25, -0.2) is 8.42 Å². The molecule has 1 saturated heterocycles. The maximum Gasteiger partial charge on any atom is 0.316 e. The van der Waals surface area contributed by atoms with Crippen LogP contribution in [-0.4, -0.2) is 62.4 Å². The average molecular weight is 300 g/mol. The topological polar surface area (TPSA) is 63.7 Å². The van der Waals surface area contributed by atoms with Gasteiger partial charge in [0.15, 0.2) is 9.84 Å². The smallest absolute Gasteiger partial charge is 0.316 e. The number of rotatable bonds is 4. The predicted octanol–water partition coefficient (Wildman–Crippen LogP) is -0.345. The van der Waals surface area contributed by atoms with Gasteiger partial charge in [0.05, 0.1) is 11.5 Å². The molecule has 1 heterocycles. The second-order valence-electron chi connectivity index (χ2n) is 3.35. The minimum atomic E-state index is -2.82. The van der Waals surface area contributed by atoms with E-state index in [1.54, 1.807) is 0 Å². The molecule has 1 aliphatic rings. The SMILES string of the molecule is O=C(CBr)OCCN1CCS(=O)(=O)CC1. The molecule has 1 aliphatic heterocycles. The van der Waals surface area contributed by atoms with Crippen molar-refractivity contribution in [3.63, 3.8) is 0 Å². The summed E-state index contributed by atoms with van der Waals surface area (Å²) >= 11 is 2.99. The van der Waals surface area contributed by atoms with E-state index in [-0.39, 0.29) is 22.8 Å². The number of halogens is 1. The standard InChI is InChI=1S/C8H14BrNO4S/c9-7-8(11)14-4-1-10-2-5-15(12,13)6-3-10/h1-7H2. The molecule has 1 fully saturated rings. The summed E-state index contributed by atoms with van der Waals surface area (Å²) in [4.78, 5) is 12.8. The van der Waals surface area contributed by atoms with Crippen LogP contribution in [0, 0.1) is 0 Å². The lowest BCUT2D eigenvalue weighted by Crippen LogP contribution is -2.41. The summed E-state index contributed by atoms with van der Waals surface area (Å²) in [6.45, 7) is 2.00. The molecule has 0 aromatic carbocycles. The van der Waals surface area contributed by atoms with Gasteiger partial charge in [-0.1, -0.05) is 15.9 Å². The van der Waals surface area contributed by atoms with Crippen molar-refractivity contribution in [3.8, 4) is 0 Å². The van der Waals surface area contributed by atoms with E-state index >= 15 is 0 Å². The van der Waals surface area contributed by atoms with Crippen LogP contribution >= 0.6 is 15.9 Å². The van der Waals surface area contributed by atoms with Crippen molar-refractivity contribution in [2.75, 3.05) is 43.1 Å². The molecule has 15 heavy (non-hydrogen) atoms. The van der Waals surface area contributed by atoms with Crippen molar-refractivity contribution in [1.82, 2.24) is 4.90 Å². The molecule has 0 aromatic rings. The third-order valence-electron chi connectivity index (χ3n) is 2.22. The first-order valence-corrected chi connectivity index (χ1v) is 7.62. The number of carbonyl (C=O) groups is 1. The number of sulfone groups is 1. The number of hydrogen-bond acceptors (Lipinski definition) is 5. The number of carbonyl (C=O) groups excluding carboxylic acids is 1. The Hall–Kier alpha value is -0.140. The molecule has 88 valence electrons. The Balaban J connectivity index is 2.17. The Morgan fingerprint density at radius 1 is 1.33 bits per heavy atom. The second-order valence-corrected chi connectivity index (χ2v) is 6.21. The van der Waals surface area contributed by atoms with Crippen LogP contribution in [0.4, 0.5) is 0 Å². The Morgan fingerprint density at radius 3 is 2.47 bits per heavy atom. The molecule has 0 spiro atoms. The normalized spacial score (nSPS) is 21.1. The Bertz CT molecular complexity index is 303. The van der Waals surface area contributed by atoms with Crippen molar-refractivity contribution in [2.24, 2.45) is 0 Å². The fraction of sp³-hybridized carbons (Fsp3) is 0.875. The molecule has 0 amide bonds. The van der Waals surface area contributed by atoms with Crippen LogP contribution in [0.2, 0.25) is 0 Å². The zero-order chi connectivity index (χ0) is 11.3. The Labute approximate surface area is 97.8 Å². The number of nitrogens with zero attached hydrogens (tertiary/aromatic N) is 1. The minimum absolute atomic E-state index is 0.196. The van der Waals surface area contributed by atoms with E-state index in [1.165, 1.54) is 0 Å². The van der Waals surface area contributed by atoms with Crippen molar-refractivity contribution < 1.29 is 17.9 Å². The molecule has 0 aromatic heterocycles. The first-order valence-electron chi connectivity index (χ1n) is 4.68. The molecule has 1 rings (SSSR count). The van der Waals surface area contributed by atoms with Gasteiger partial charge in [-0.15, -0.1) is 0 Å². The lowest BCUT2D eigenvalue weighted by molar-refractivity contribution is -0.140. The van der Waals surface area contributed by atoms with E-state index in [0.29, 0.717) is 26.2 Å². The highest BCUT2D eigenvalue weighted by Crippen LogP contribution is 2.03. The Kier molecular flexibility index (Phi) is 5.01. The van der Waals surface area contributed by atoms with Crippen molar-refractivity contribution >= 4 is 31.7 Å². The van der Waals surface area contributed by atoms with E-state index in [4.69, 9.17) is 4.74 Å². The summed E-state index contributed by atoms with van der Waals surface area (Å²) in [5.41, 5.74) is 0. The van der Waals surface area contributed by atoms with Crippen LogP contribution in [0.5, 0.6) is 0 Å². The van der Waals surface area contributed by atoms with E-state index in [9.17, 15) is 13.2 Å². The van der Waals surface area contributed by atoms with Gasteiger partial charge in [0.25, 0.3) is 0 Å². The molecule has 5 nitrogen and oxygen atoms in total. The third-order valence-corrected chi connectivity index (χ3v) is 4.28. The number of alkyl halides is 1. The van der Waals surface area contributed by atoms with Gasteiger partial charge < -0.3 is 4.74 Å². The molecule has 0 bridgehead atoms. The molecule has 0 unspecified atom stereocenters. The summed E-state index contributed by atoms with van der Waals surface area (Å²) in [5, 5.41) is 0.196. The van der Waals surface area contributed by atoms with Crippen LogP contribution in [-0.2, 0) is 19.4 Å². The first-order chi connectivity index (χ1) is 7.03. The zero-order valence-electron chi connectivity index (χ0n) is 8.32. The van der Waals surface area contributed by atoms with Gasteiger partial charge >= 0.3 is 5.97 Å². The van der Waals surface area contributed by atoms with Gasteiger partial charge in [0.1, 0.15) is 11.9 Å². The van der Waals surface area contributed by atoms with Gasteiger partial charge in [0.2, 0.25) is 0 Å². The summed E-state index contributed by atoms with van der Waals surface area (Å²) in [7, 11) is -2.82. The molecule has 0 atom stereocenters. The highest BCUT2D eigenvalue weighted by atomic mass is 79.9. The van der Waals surface area contributed by atoms with Gasteiger partial charge in [0, 0.05) is 19.6 Å². The Morgan fingerprint density at radius 2 is 1.93 bits per heavy atom. The van der Waals surface area contributed by atoms with E-state index in [1.807, 2.05) is 4.90 Å². The molecule has 0 N–H and O–H groups in total. The van der Waals surface area contributed by atoms with Crippen LogP contribution < -0.4 is 0 Å². The summed E-state index contributed by atoms with van der Waals surface area (Å²) in [6, 6.07) is 0. The first kappa shape index (κ1) is 12.9. The molecule has 0 radical (unpaired) electrons. The third kappa shape index (κ3) is 4.94. The van der Waals surface area contributed by atoms with Crippen LogP contribution in [0.15, 0.2) is 0 Å². The molecule has 0 saturated carbocycles. The largest absolute Gasteiger partial charge is 0.464 e. The highest BCUT2D eigenvalue weighted by Gasteiger charge is 2.21. The zero-order valence-corrected chi connectivity index (χ0v) is 10.7. The maximum atomic E-state index is 11.1. The van der Waals surface area contributed by atoms with Crippen molar-refractivity contribution in [2.45, 2.75) is 0 Å². The lowest BCUT2D eigenvalue weighted by atomic mass is 10.5. The van der Waals surface area contributed by atoms with Crippen LogP contribution in [0.1, 0.15) is 0 Å². The number of ether oxygens (including phenoxy) is 1. The summed E-state index contributed by atoms with van der Waals surface area (Å²) < 4.78 is 27.1. The molecular weight excluding hydrogens is 286 g/mol. The minimum Gasteiger partial charge on any atom is -0.464 e. The monoisotopic (exact) mass is 299 g/mol. The average Bonchev–Trinajstić information content (AvgIpc) is 2.20. The predicted molar refractivity (Wildman–Crippen MR) is 59.8 cm³/mol. The van der Waals surface area contributed by atoms with E-state index in [2.05, 4.69) is 15.9 Å². The van der Waals surface area contributed by atoms with E-state index in [0.717, 1.165) is 0 Å². The van der Waals surface area contributed by atoms with Gasteiger partial charge in [-0.05, 0) is 0 Å². The van der Waals surface area contributed by atoms with E-state index < -0.39 is 9.84 Å². The highest BCUT2D eigenvalue weighted by molar-refractivity contribution is 9.09. The van der Waals surface area contributed by atoms with Crippen LogP contribution in [0.3, 0.4) is 0 Å². The number of esters is 1. The van der Waals surface area contributed by atoms with Gasteiger partial charge in [-0.2, -0.15) is 0 Å². The molecule has 0 aliphatic carbocycles. The lowest BCUT2D eigenvalue weighted by Gasteiger charge is -2.25. The maximum absolute atomic E-state index is 11.1. The van der Waals surface area contributed by atoms with Crippen LogP contribution in [0.25, 0.3) is 0 Å². The summed E-state index contributed by atoms with van der Waals surface area (Å²) in [6.07, 6.45) is 0. The quantitative estimate of drug-likeness (QED) is 0.525. The number of hydrogen-bond donors (Lipinski definition) is 0. The molecule has 7 heteroatoms. The van der Waals surface area contributed by atoms with Gasteiger partial charge in [-0.3, -0.25) is 9.69 Å². The summed E-state index contributed by atoms with van der Waals surface area (Å²) in [5.74, 6) is 0.123. The van der Waals surface area contributed by atoms with Crippen molar-refractivity contribution in [3.05, 3.63) is 0 Å². The molecular formula is C8H14BrNO4S. The second kappa shape index (κ2) is 5.81. The fourth-order valence-corrected chi connectivity index (χ4v) is 2.74. The fourth-order valence-electron chi connectivity index (χ4n) is 1.30.